The number of likely N-dealkylation sites (N-methyl/N-ethyl adjacent to an activating group) is 1. The standard InChI is InChI=1S/C19H34N2/c1-21(18-6-4-2-3-5-7-18)19(13-20)16-9-14-8-15(11-16)12-17(19)10-14/h14-18H,2-13,20H2,1H3. The Morgan fingerprint density at radius 3 is 1.86 bits per heavy atom. The number of nitrogens with zero attached hydrogens (tertiary/aromatic N) is 1. The van der Waals surface area contributed by atoms with E-state index in [0.717, 1.165) is 36.3 Å². The third-order valence-electron chi connectivity index (χ3n) is 7.91. The fraction of sp³-hybridized carbons (Fsp3) is 1.00. The van der Waals surface area contributed by atoms with Crippen molar-refractivity contribution in [2.45, 2.75) is 82.2 Å². The van der Waals surface area contributed by atoms with Crippen molar-refractivity contribution in [3.05, 3.63) is 0 Å². The van der Waals surface area contributed by atoms with E-state index < -0.39 is 0 Å². The van der Waals surface area contributed by atoms with Crippen molar-refractivity contribution in [2.75, 3.05) is 13.6 Å². The Kier molecular flexibility index (Phi) is 3.82. The van der Waals surface area contributed by atoms with Crippen LogP contribution in [-0.4, -0.2) is 30.1 Å². The Morgan fingerprint density at radius 2 is 1.38 bits per heavy atom. The first-order valence-corrected chi connectivity index (χ1v) is 9.67. The van der Waals surface area contributed by atoms with Crippen molar-refractivity contribution in [3.63, 3.8) is 0 Å². The van der Waals surface area contributed by atoms with Crippen LogP contribution in [0.3, 0.4) is 0 Å². The second-order valence-corrected chi connectivity index (χ2v) is 8.76. The van der Waals surface area contributed by atoms with Crippen molar-refractivity contribution in [2.24, 2.45) is 29.4 Å². The minimum atomic E-state index is 0.364. The van der Waals surface area contributed by atoms with Crippen LogP contribution in [0, 0.1) is 23.7 Å². The summed E-state index contributed by atoms with van der Waals surface area (Å²) in [4.78, 5) is 2.84. The average Bonchev–Trinajstić information content (AvgIpc) is 2.76. The van der Waals surface area contributed by atoms with Gasteiger partial charge in [-0.2, -0.15) is 0 Å². The van der Waals surface area contributed by atoms with Gasteiger partial charge in [-0.25, -0.2) is 0 Å². The van der Waals surface area contributed by atoms with Crippen LogP contribution < -0.4 is 5.73 Å². The Hall–Kier alpha value is -0.0800. The molecule has 5 rings (SSSR count). The Balaban J connectivity index is 1.60. The SMILES string of the molecule is CN(C1CCCCCC1)C1(CN)C2CC3CC(C2)CC1C3. The molecule has 0 unspecified atom stereocenters. The second kappa shape index (κ2) is 5.53. The number of hydrogen-bond acceptors (Lipinski definition) is 2. The summed E-state index contributed by atoms with van der Waals surface area (Å²) in [5.74, 6) is 3.92. The molecule has 2 heteroatoms. The lowest BCUT2D eigenvalue weighted by Gasteiger charge is -2.65. The zero-order chi connectivity index (χ0) is 14.4. The molecule has 5 aliphatic carbocycles. The van der Waals surface area contributed by atoms with Crippen molar-refractivity contribution in [3.8, 4) is 0 Å². The zero-order valence-corrected chi connectivity index (χ0v) is 13.9. The maximum atomic E-state index is 6.49. The van der Waals surface area contributed by atoms with Gasteiger partial charge in [-0.15, -0.1) is 0 Å². The molecule has 2 nitrogen and oxygen atoms in total. The van der Waals surface area contributed by atoms with Crippen LogP contribution in [0.5, 0.6) is 0 Å². The molecule has 0 spiro atoms. The molecule has 0 aromatic rings. The summed E-state index contributed by atoms with van der Waals surface area (Å²) in [5.41, 5.74) is 6.86. The Morgan fingerprint density at radius 1 is 0.857 bits per heavy atom. The van der Waals surface area contributed by atoms with E-state index in [1.54, 1.807) is 6.42 Å². The minimum absolute atomic E-state index is 0.364. The van der Waals surface area contributed by atoms with Gasteiger partial charge in [0, 0.05) is 18.1 Å². The highest BCUT2D eigenvalue weighted by Gasteiger charge is 2.58. The third-order valence-corrected chi connectivity index (χ3v) is 7.91. The highest BCUT2D eigenvalue weighted by Crippen LogP contribution is 2.60. The van der Waals surface area contributed by atoms with E-state index in [0.29, 0.717) is 5.54 Å². The smallest absolute Gasteiger partial charge is 0.0388 e. The molecule has 0 saturated heterocycles. The van der Waals surface area contributed by atoms with E-state index in [1.165, 1.54) is 64.2 Å². The first-order chi connectivity index (χ1) is 10.2. The summed E-state index contributed by atoms with van der Waals surface area (Å²) < 4.78 is 0. The molecule has 0 aromatic heterocycles. The molecule has 0 aliphatic heterocycles. The van der Waals surface area contributed by atoms with Crippen LogP contribution in [-0.2, 0) is 0 Å². The summed E-state index contributed by atoms with van der Waals surface area (Å²) in [6, 6.07) is 0.813. The number of hydrogen-bond donors (Lipinski definition) is 1. The topological polar surface area (TPSA) is 29.3 Å². The first-order valence-electron chi connectivity index (χ1n) is 9.67. The fourth-order valence-electron chi connectivity index (χ4n) is 7.04. The minimum Gasteiger partial charge on any atom is -0.329 e. The van der Waals surface area contributed by atoms with E-state index in [9.17, 15) is 0 Å². The molecule has 21 heavy (non-hydrogen) atoms. The summed E-state index contributed by atoms with van der Waals surface area (Å²) >= 11 is 0. The van der Waals surface area contributed by atoms with Crippen molar-refractivity contribution < 1.29 is 0 Å². The van der Waals surface area contributed by atoms with Crippen molar-refractivity contribution in [1.82, 2.24) is 4.90 Å². The van der Waals surface area contributed by atoms with E-state index in [2.05, 4.69) is 11.9 Å². The van der Waals surface area contributed by atoms with Gasteiger partial charge < -0.3 is 5.73 Å². The molecule has 4 bridgehead atoms. The summed E-state index contributed by atoms with van der Waals surface area (Å²) in [6.07, 6.45) is 16.1. The molecule has 5 aliphatic rings. The summed E-state index contributed by atoms with van der Waals surface area (Å²) in [6.45, 7) is 0.911. The molecular formula is C19H34N2. The maximum Gasteiger partial charge on any atom is 0.0388 e. The van der Waals surface area contributed by atoms with Gasteiger partial charge in [0.2, 0.25) is 0 Å². The molecule has 120 valence electrons. The lowest BCUT2D eigenvalue weighted by Crippen LogP contribution is -2.70. The van der Waals surface area contributed by atoms with Gasteiger partial charge >= 0.3 is 0 Å². The first kappa shape index (κ1) is 14.5. The highest BCUT2D eigenvalue weighted by atomic mass is 15.2. The van der Waals surface area contributed by atoms with Crippen LogP contribution in [0.4, 0.5) is 0 Å². The molecule has 2 N–H and O–H groups in total. The van der Waals surface area contributed by atoms with Crippen LogP contribution in [0.25, 0.3) is 0 Å². The van der Waals surface area contributed by atoms with Gasteiger partial charge in [0.25, 0.3) is 0 Å². The lowest BCUT2D eigenvalue weighted by molar-refractivity contribution is -0.136. The molecule has 5 fully saturated rings. The van der Waals surface area contributed by atoms with Gasteiger partial charge in [0.15, 0.2) is 0 Å². The molecule has 0 amide bonds. The monoisotopic (exact) mass is 290 g/mol. The molecule has 5 saturated carbocycles. The molecule has 0 atom stereocenters. The van der Waals surface area contributed by atoms with Crippen molar-refractivity contribution in [1.29, 1.82) is 0 Å². The van der Waals surface area contributed by atoms with E-state index in [4.69, 9.17) is 5.73 Å². The predicted octanol–water partition coefficient (Wildman–Crippen LogP) is 3.79. The normalized spacial score (nSPS) is 47.0. The number of nitrogens with two attached hydrogens (primary N) is 1. The van der Waals surface area contributed by atoms with Crippen LogP contribution in [0.1, 0.15) is 70.6 Å². The van der Waals surface area contributed by atoms with Gasteiger partial charge in [-0.3, -0.25) is 4.90 Å². The number of rotatable bonds is 3. The quantitative estimate of drug-likeness (QED) is 0.801. The van der Waals surface area contributed by atoms with Crippen LogP contribution in [0.2, 0.25) is 0 Å². The van der Waals surface area contributed by atoms with E-state index in [-0.39, 0.29) is 0 Å². The van der Waals surface area contributed by atoms with Gasteiger partial charge in [0.05, 0.1) is 0 Å². The maximum absolute atomic E-state index is 6.49. The fourth-order valence-corrected chi connectivity index (χ4v) is 7.04. The Labute approximate surface area is 130 Å². The van der Waals surface area contributed by atoms with E-state index in [1.807, 2.05) is 0 Å². The summed E-state index contributed by atoms with van der Waals surface area (Å²) in [5, 5.41) is 0. The van der Waals surface area contributed by atoms with Gasteiger partial charge in [-0.1, -0.05) is 25.7 Å². The summed E-state index contributed by atoms with van der Waals surface area (Å²) in [7, 11) is 2.45. The predicted molar refractivity (Wildman–Crippen MR) is 88.1 cm³/mol. The molecule has 0 heterocycles. The highest BCUT2D eigenvalue weighted by molar-refractivity contribution is 5.13. The average molecular weight is 290 g/mol. The molecular weight excluding hydrogens is 256 g/mol. The second-order valence-electron chi connectivity index (χ2n) is 8.76. The van der Waals surface area contributed by atoms with Crippen LogP contribution >= 0.6 is 0 Å². The van der Waals surface area contributed by atoms with Crippen molar-refractivity contribution >= 4 is 0 Å². The van der Waals surface area contributed by atoms with Gasteiger partial charge in [-0.05, 0) is 75.7 Å². The van der Waals surface area contributed by atoms with Crippen LogP contribution in [0.15, 0.2) is 0 Å². The largest absolute Gasteiger partial charge is 0.329 e. The third kappa shape index (κ3) is 2.20. The lowest BCUT2D eigenvalue weighted by atomic mass is 9.48. The Bertz CT molecular complexity index is 342. The zero-order valence-electron chi connectivity index (χ0n) is 13.9. The van der Waals surface area contributed by atoms with Gasteiger partial charge in [0.1, 0.15) is 0 Å². The van der Waals surface area contributed by atoms with E-state index >= 15 is 0 Å². The molecule has 0 aromatic carbocycles. The molecule has 0 radical (unpaired) electrons.